The van der Waals surface area contributed by atoms with Gasteiger partial charge < -0.3 is 10.1 Å². The van der Waals surface area contributed by atoms with Crippen molar-refractivity contribution in [2.24, 2.45) is 0 Å². The standard InChI is InChI=1S/C14H12BrF2NO/c1-18-8-9-2-3-10(15)6-14(9)19-11-4-5-12(16)13(17)7-11/h2-7,18H,8H2,1H3. The topological polar surface area (TPSA) is 21.3 Å². The first-order valence-electron chi connectivity index (χ1n) is 5.66. The molecule has 1 N–H and O–H groups in total. The number of benzene rings is 2. The van der Waals surface area contributed by atoms with E-state index in [0.717, 1.165) is 22.2 Å². The van der Waals surface area contributed by atoms with Crippen LogP contribution in [0.25, 0.3) is 0 Å². The minimum Gasteiger partial charge on any atom is -0.457 e. The van der Waals surface area contributed by atoms with E-state index in [-0.39, 0.29) is 5.75 Å². The van der Waals surface area contributed by atoms with E-state index in [9.17, 15) is 8.78 Å². The fourth-order valence-corrected chi connectivity index (χ4v) is 1.97. The van der Waals surface area contributed by atoms with E-state index in [1.165, 1.54) is 6.07 Å². The lowest BCUT2D eigenvalue weighted by Crippen LogP contribution is -2.06. The van der Waals surface area contributed by atoms with Crippen LogP contribution in [-0.2, 0) is 6.54 Å². The van der Waals surface area contributed by atoms with Crippen molar-refractivity contribution >= 4 is 15.9 Å². The molecule has 0 saturated carbocycles. The Morgan fingerprint density at radius 2 is 1.89 bits per heavy atom. The zero-order valence-electron chi connectivity index (χ0n) is 10.2. The minimum absolute atomic E-state index is 0.259. The van der Waals surface area contributed by atoms with Gasteiger partial charge in [0.1, 0.15) is 11.5 Å². The molecule has 0 heterocycles. The van der Waals surface area contributed by atoms with Crippen molar-refractivity contribution < 1.29 is 13.5 Å². The number of nitrogens with one attached hydrogen (secondary N) is 1. The number of rotatable bonds is 4. The van der Waals surface area contributed by atoms with Crippen molar-refractivity contribution in [2.45, 2.75) is 6.54 Å². The monoisotopic (exact) mass is 327 g/mol. The molecule has 0 aliphatic carbocycles. The van der Waals surface area contributed by atoms with Crippen LogP contribution in [0.4, 0.5) is 8.78 Å². The molecule has 0 aliphatic heterocycles. The van der Waals surface area contributed by atoms with Gasteiger partial charge in [0, 0.05) is 22.6 Å². The van der Waals surface area contributed by atoms with Crippen molar-refractivity contribution in [3.8, 4) is 11.5 Å². The maximum atomic E-state index is 13.1. The summed E-state index contributed by atoms with van der Waals surface area (Å²) in [6.45, 7) is 0.617. The van der Waals surface area contributed by atoms with Crippen LogP contribution in [0.15, 0.2) is 40.9 Å². The first-order chi connectivity index (χ1) is 9.10. The Balaban J connectivity index is 2.30. The number of hydrogen-bond acceptors (Lipinski definition) is 2. The van der Waals surface area contributed by atoms with Crippen LogP contribution >= 0.6 is 15.9 Å². The minimum atomic E-state index is -0.928. The summed E-state index contributed by atoms with van der Waals surface area (Å²) in [7, 11) is 1.82. The van der Waals surface area contributed by atoms with Crippen LogP contribution in [0.3, 0.4) is 0 Å². The molecule has 0 radical (unpaired) electrons. The third kappa shape index (κ3) is 3.52. The summed E-state index contributed by atoms with van der Waals surface area (Å²) in [6.07, 6.45) is 0. The van der Waals surface area contributed by atoms with Crippen molar-refractivity contribution in [1.82, 2.24) is 5.32 Å². The zero-order valence-corrected chi connectivity index (χ0v) is 11.8. The molecule has 2 aromatic carbocycles. The quantitative estimate of drug-likeness (QED) is 0.906. The number of halogens is 3. The third-order valence-electron chi connectivity index (χ3n) is 2.52. The molecular formula is C14H12BrF2NO. The van der Waals surface area contributed by atoms with E-state index in [1.54, 1.807) is 6.07 Å². The van der Waals surface area contributed by atoms with Gasteiger partial charge in [-0.15, -0.1) is 0 Å². The number of ether oxygens (including phenoxy) is 1. The van der Waals surface area contributed by atoms with Crippen molar-refractivity contribution in [3.05, 3.63) is 58.1 Å². The second-order valence-electron chi connectivity index (χ2n) is 3.96. The molecule has 2 rings (SSSR count). The van der Waals surface area contributed by atoms with E-state index >= 15 is 0 Å². The van der Waals surface area contributed by atoms with E-state index in [0.29, 0.717) is 12.3 Å². The van der Waals surface area contributed by atoms with E-state index in [2.05, 4.69) is 21.2 Å². The second-order valence-corrected chi connectivity index (χ2v) is 4.88. The van der Waals surface area contributed by atoms with Crippen LogP contribution in [-0.4, -0.2) is 7.05 Å². The highest BCUT2D eigenvalue weighted by Crippen LogP contribution is 2.29. The third-order valence-corrected chi connectivity index (χ3v) is 3.01. The lowest BCUT2D eigenvalue weighted by Gasteiger charge is -2.11. The molecule has 5 heteroatoms. The Labute approximate surface area is 118 Å². The summed E-state index contributed by atoms with van der Waals surface area (Å²) in [5, 5.41) is 3.02. The van der Waals surface area contributed by atoms with Crippen LogP contribution in [0.1, 0.15) is 5.56 Å². The van der Waals surface area contributed by atoms with Crippen molar-refractivity contribution in [3.63, 3.8) is 0 Å². The molecule has 19 heavy (non-hydrogen) atoms. The Morgan fingerprint density at radius 1 is 1.11 bits per heavy atom. The highest BCUT2D eigenvalue weighted by Gasteiger charge is 2.08. The van der Waals surface area contributed by atoms with E-state index in [1.807, 2.05) is 19.2 Å². The molecule has 0 saturated heterocycles. The van der Waals surface area contributed by atoms with Gasteiger partial charge >= 0.3 is 0 Å². The molecule has 100 valence electrons. The SMILES string of the molecule is CNCc1ccc(Br)cc1Oc1ccc(F)c(F)c1. The first kappa shape index (κ1) is 14.0. The van der Waals surface area contributed by atoms with Crippen LogP contribution in [0.5, 0.6) is 11.5 Å². The summed E-state index contributed by atoms with van der Waals surface area (Å²) in [5.41, 5.74) is 0.926. The Morgan fingerprint density at radius 3 is 2.58 bits per heavy atom. The van der Waals surface area contributed by atoms with Gasteiger partial charge in [0.05, 0.1) is 0 Å². The summed E-state index contributed by atoms with van der Waals surface area (Å²) >= 11 is 3.35. The second kappa shape index (κ2) is 6.12. The summed E-state index contributed by atoms with van der Waals surface area (Å²) in [4.78, 5) is 0. The molecule has 0 aliphatic rings. The van der Waals surface area contributed by atoms with Gasteiger partial charge in [0.2, 0.25) is 0 Å². The van der Waals surface area contributed by atoms with Gasteiger partial charge in [-0.3, -0.25) is 0 Å². The maximum Gasteiger partial charge on any atom is 0.162 e. The average molecular weight is 328 g/mol. The Hall–Kier alpha value is -1.46. The van der Waals surface area contributed by atoms with Crippen molar-refractivity contribution in [1.29, 1.82) is 0 Å². The molecule has 0 bridgehead atoms. The first-order valence-corrected chi connectivity index (χ1v) is 6.45. The highest BCUT2D eigenvalue weighted by atomic mass is 79.9. The molecule has 0 unspecified atom stereocenters. The van der Waals surface area contributed by atoms with Gasteiger partial charge in [-0.2, -0.15) is 0 Å². The van der Waals surface area contributed by atoms with Gasteiger partial charge in [-0.1, -0.05) is 22.0 Å². The van der Waals surface area contributed by atoms with Gasteiger partial charge in [0.15, 0.2) is 11.6 Å². The summed E-state index contributed by atoms with van der Waals surface area (Å²) < 4.78 is 32.4. The highest BCUT2D eigenvalue weighted by molar-refractivity contribution is 9.10. The Bertz CT molecular complexity index is 590. The predicted octanol–water partition coefficient (Wildman–Crippen LogP) is 4.24. The van der Waals surface area contributed by atoms with Gasteiger partial charge in [0.25, 0.3) is 0 Å². The summed E-state index contributed by atoms with van der Waals surface area (Å²) in [6, 6.07) is 9.04. The molecule has 0 atom stereocenters. The van der Waals surface area contributed by atoms with Gasteiger partial charge in [-0.05, 0) is 31.3 Å². The molecule has 0 spiro atoms. The van der Waals surface area contributed by atoms with E-state index in [4.69, 9.17) is 4.74 Å². The maximum absolute atomic E-state index is 13.1. The lowest BCUT2D eigenvalue weighted by molar-refractivity contribution is 0.456. The largest absolute Gasteiger partial charge is 0.457 e. The van der Waals surface area contributed by atoms with Crippen LogP contribution in [0, 0.1) is 11.6 Å². The predicted molar refractivity (Wildman–Crippen MR) is 73.3 cm³/mol. The van der Waals surface area contributed by atoms with E-state index < -0.39 is 11.6 Å². The molecule has 2 aromatic rings. The number of hydrogen-bond donors (Lipinski definition) is 1. The molecule has 0 aromatic heterocycles. The molecule has 0 amide bonds. The molecule has 0 fully saturated rings. The van der Waals surface area contributed by atoms with Crippen molar-refractivity contribution in [2.75, 3.05) is 7.05 Å². The molecule has 2 nitrogen and oxygen atoms in total. The van der Waals surface area contributed by atoms with Gasteiger partial charge in [-0.25, -0.2) is 8.78 Å². The van der Waals surface area contributed by atoms with Crippen LogP contribution in [0.2, 0.25) is 0 Å². The summed E-state index contributed by atoms with van der Waals surface area (Å²) in [5.74, 6) is -0.969. The molecular weight excluding hydrogens is 316 g/mol. The normalized spacial score (nSPS) is 10.5. The smallest absolute Gasteiger partial charge is 0.162 e. The Kier molecular flexibility index (Phi) is 4.50. The fraction of sp³-hybridized carbons (Fsp3) is 0.143. The van der Waals surface area contributed by atoms with Crippen LogP contribution < -0.4 is 10.1 Å². The average Bonchev–Trinajstić information content (AvgIpc) is 2.37. The zero-order chi connectivity index (χ0) is 13.8. The lowest BCUT2D eigenvalue weighted by atomic mass is 10.2. The fourth-order valence-electron chi connectivity index (χ4n) is 1.63.